The Labute approximate surface area is 339 Å². The number of fused-ring (bicyclic) bond motifs is 5. The zero-order chi connectivity index (χ0) is 33.1. The molecule has 0 aliphatic heterocycles. The maximum absolute atomic E-state index is 3.64. The molecule has 0 bridgehead atoms. The van der Waals surface area contributed by atoms with Gasteiger partial charge in [0.25, 0.3) is 0 Å². The molecule has 0 heterocycles. The van der Waals surface area contributed by atoms with E-state index >= 15 is 0 Å². The van der Waals surface area contributed by atoms with E-state index in [1.54, 1.807) is 0 Å². The topological polar surface area (TPSA) is 0 Å². The van der Waals surface area contributed by atoms with Gasteiger partial charge in [-0.2, -0.15) is 0 Å². The SMILES string of the molecule is CC.CC.CC.CC.[Y].[Y].[c-]1c2ccccc2c(-c2ccc(-c3c4ccccc4[c-]c4ccccc34)c3ccccc23)c2ccccc12. The van der Waals surface area contributed by atoms with E-state index in [0.717, 1.165) is 21.5 Å². The second kappa shape index (κ2) is 20.7. The van der Waals surface area contributed by atoms with Crippen LogP contribution in [0, 0.1) is 12.1 Å². The van der Waals surface area contributed by atoms with Crippen LogP contribution in [0.4, 0.5) is 0 Å². The summed E-state index contributed by atoms with van der Waals surface area (Å²) in [6.07, 6.45) is 0. The summed E-state index contributed by atoms with van der Waals surface area (Å²) in [6, 6.07) is 55.3. The van der Waals surface area contributed by atoms with Gasteiger partial charge in [0.15, 0.2) is 0 Å². The van der Waals surface area contributed by atoms with E-state index in [0.29, 0.717) is 0 Å². The standard InChI is InChI=1S/C38H22.4C2H6.2Y/c1-5-15-29-25(11-1)23-26-12-2-6-16-30(26)37(29)35-21-22-36(34-20-10-9-19-33(34)35)38-31-17-7-3-13-27(31)24-28-14-4-8-18-32(28)38;4*1-2;;/h1-22H;4*1-2H3;;/q-2;;;;;;. The van der Waals surface area contributed by atoms with Gasteiger partial charge in [-0.15, -0.1) is 57.9 Å². The van der Waals surface area contributed by atoms with Crippen LogP contribution in [0.15, 0.2) is 133 Å². The quantitative estimate of drug-likeness (QED) is 0.121. The molecule has 0 spiro atoms. The summed E-state index contributed by atoms with van der Waals surface area (Å²) in [5.41, 5.74) is 5.05. The van der Waals surface area contributed by atoms with Crippen molar-refractivity contribution in [2.45, 2.75) is 55.4 Å². The van der Waals surface area contributed by atoms with Crippen molar-refractivity contribution in [2.24, 2.45) is 0 Å². The van der Waals surface area contributed by atoms with Crippen molar-refractivity contribution in [3.8, 4) is 22.3 Å². The molecule has 0 aliphatic carbocycles. The zero-order valence-electron chi connectivity index (χ0n) is 29.9. The fourth-order valence-electron chi connectivity index (χ4n) is 6.14. The average molecular weight is 777 g/mol. The van der Waals surface area contributed by atoms with E-state index < -0.39 is 0 Å². The molecule has 0 amide bonds. The minimum absolute atomic E-state index is 0. The first kappa shape index (κ1) is 41.4. The normalized spacial score (nSPS) is 9.75. The molecule has 0 atom stereocenters. The molecule has 2 heteroatoms. The largest absolute Gasteiger partial charge is 0.118 e. The molecule has 0 unspecified atom stereocenters. The Balaban J connectivity index is 0.000000749. The Morgan fingerprint density at radius 1 is 0.271 bits per heavy atom. The molecule has 0 saturated carbocycles. The van der Waals surface area contributed by atoms with Gasteiger partial charge in [-0.1, -0.05) is 197 Å². The molecule has 0 aromatic heterocycles. The molecule has 0 aliphatic rings. The first-order valence-corrected chi connectivity index (χ1v) is 17.0. The summed E-state index contributed by atoms with van der Waals surface area (Å²) < 4.78 is 0. The van der Waals surface area contributed by atoms with Crippen molar-refractivity contribution in [3.63, 3.8) is 0 Å². The van der Waals surface area contributed by atoms with Gasteiger partial charge in [0.1, 0.15) is 0 Å². The third-order valence-corrected chi connectivity index (χ3v) is 7.79. The van der Waals surface area contributed by atoms with Crippen LogP contribution in [0.5, 0.6) is 0 Å². The van der Waals surface area contributed by atoms with Crippen LogP contribution in [0.25, 0.3) is 76.1 Å². The summed E-state index contributed by atoms with van der Waals surface area (Å²) in [6.45, 7) is 16.0. The zero-order valence-corrected chi connectivity index (χ0v) is 35.5. The van der Waals surface area contributed by atoms with E-state index in [2.05, 4.69) is 146 Å². The number of rotatable bonds is 2. The van der Waals surface area contributed by atoms with Crippen LogP contribution < -0.4 is 0 Å². The fourth-order valence-corrected chi connectivity index (χ4v) is 6.14. The predicted octanol–water partition coefficient (Wildman–Crippen LogP) is 14.5. The molecule has 0 fully saturated rings. The van der Waals surface area contributed by atoms with Crippen LogP contribution in [0.1, 0.15) is 55.4 Å². The van der Waals surface area contributed by atoms with Crippen molar-refractivity contribution in [1.29, 1.82) is 0 Å². The smallest absolute Gasteiger partial charge is 0 e. The first-order chi connectivity index (χ1) is 22.9. The monoisotopic (exact) mass is 776 g/mol. The molecule has 8 aromatic carbocycles. The fraction of sp³-hybridized carbons (Fsp3) is 0.174. The van der Waals surface area contributed by atoms with Crippen LogP contribution in [-0.2, 0) is 65.4 Å². The molecule has 8 aromatic rings. The second-order valence-corrected chi connectivity index (χ2v) is 9.89. The van der Waals surface area contributed by atoms with Gasteiger partial charge in [-0.3, -0.25) is 0 Å². The van der Waals surface area contributed by atoms with Crippen LogP contribution >= 0.6 is 0 Å². The van der Waals surface area contributed by atoms with Gasteiger partial charge in [-0.25, -0.2) is 0 Å². The van der Waals surface area contributed by atoms with Gasteiger partial charge in [0.05, 0.1) is 0 Å². The van der Waals surface area contributed by atoms with E-state index in [-0.39, 0.29) is 65.4 Å². The van der Waals surface area contributed by atoms with Gasteiger partial charge < -0.3 is 0 Å². The molecule has 238 valence electrons. The molecular formula is C46H46Y2-2. The Morgan fingerprint density at radius 3 is 0.729 bits per heavy atom. The van der Waals surface area contributed by atoms with E-state index in [1.807, 2.05) is 55.4 Å². The van der Waals surface area contributed by atoms with Gasteiger partial charge in [0.2, 0.25) is 0 Å². The third kappa shape index (κ3) is 8.17. The minimum Gasteiger partial charge on any atom is -0.118 e. The molecule has 2 radical (unpaired) electrons. The Hall–Kier alpha value is -2.73. The second-order valence-electron chi connectivity index (χ2n) is 9.89. The Morgan fingerprint density at radius 2 is 0.479 bits per heavy atom. The van der Waals surface area contributed by atoms with Crippen molar-refractivity contribution in [2.75, 3.05) is 0 Å². The van der Waals surface area contributed by atoms with Crippen molar-refractivity contribution < 1.29 is 65.4 Å². The number of hydrogen-bond acceptors (Lipinski definition) is 0. The van der Waals surface area contributed by atoms with Gasteiger partial charge in [-0.05, 0) is 21.9 Å². The van der Waals surface area contributed by atoms with Gasteiger partial charge in [0, 0.05) is 65.4 Å². The average Bonchev–Trinajstić information content (AvgIpc) is 3.16. The van der Waals surface area contributed by atoms with E-state index in [1.165, 1.54) is 54.6 Å². The number of benzene rings is 8. The van der Waals surface area contributed by atoms with E-state index in [9.17, 15) is 0 Å². The summed E-state index contributed by atoms with van der Waals surface area (Å²) in [7, 11) is 0. The molecule has 0 nitrogen and oxygen atoms in total. The third-order valence-electron chi connectivity index (χ3n) is 7.79. The van der Waals surface area contributed by atoms with Crippen molar-refractivity contribution in [1.82, 2.24) is 0 Å². The summed E-state index contributed by atoms with van der Waals surface area (Å²) in [5, 5.41) is 12.0. The van der Waals surface area contributed by atoms with E-state index in [4.69, 9.17) is 0 Å². The number of hydrogen-bond donors (Lipinski definition) is 0. The summed E-state index contributed by atoms with van der Waals surface area (Å²) in [5.74, 6) is 0. The first-order valence-electron chi connectivity index (χ1n) is 17.0. The van der Waals surface area contributed by atoms with Crippen molar-refractivity contribution >= 4 is 53.9 Å². The maximum Gasteiger partial charge on any atom is 0 e. The maximum atomic E-state index is 3.64. The predicted molar refractivity (Wildman–Crippen MR) is 208 cm³/mol. The van der Waals surface area contributed by atoms with Crippen LogP contribution in [0.3, 0.4) is 0 Å². The Bertz CT molecular complexity index is 1930. The minimum atomic E-state index is 0. The molecule has 48 heavy (non-hydrogen) atoms. The van der Waals surface area contributed by atoms with Crippen molar-refractivity contribution in [3.05, 3.63) is 146 Å². The van der Waals surface area contributed by atoms with Crippen LogP contribution in [-0.4, -0.2) is 0 Å². The molecule has 8 rings (SSSR count). The molecule has 0 N–H and O–H groups in total. The summed E-state index contributed by atoms with van der Waals surface area (Å²) >= 11 is 0. The Kier molecular flexibility index (Phi) is 17.9. The molecular weight excluding hydrogens is 730 g/mol. The van der Waals surface area contributed by atoms with Crippen LogP contribution in [0.2, 0.25) is 0 Å². The molecule has 0 saturated heterocycles. The summed E-state index contributed by atoms with van der Waals surface area (Å²) in [4.78, 5) is 0. The van der Waals surface area contributed by atoms with Gasteiger partial charge >= 0.3 is 0 Å².